The van der Waals surface area contributed by atoms with Crippen LogP contribution in [0.25, 0.3) is 16.6 Å². The lowest BCUT2D eigenvalue weighted by molar-refractivity contribution is -0.118. The molecule has 4 rings (SSSR count). The molecule has 0 saturated carbocycles. The van der Waals surface area contributed by atoms with E-state index >= 15 is 0 Å². The van der Waals surface area contributed by atoms with Gasteiger partial charge in [0.25, 0.3) is 5.56 Å². The monoisotopic (exact) mass is 479 g/mol. The second-order valence-electron chi connectivity index (χ2n) is 7.36. The van der Waals surface area contributed by atoms with Crippen LogP contribution in [0.1, 0.15) is 11.1 Å². The number of aryl methyl sites for hydroxylation is 1. The van der Waals surface area contributed by atoms with E-state index in [0.29, 0.717) is 39.1 Å². The molecule has 3 aromatic carbocycles. The summed E-state index contributed by atoms with van der Waals surface area (Å²) in [5, 5.41) is 4.22. The van der Waals surface area contributed by atoms with Gasteiger partial charge in [-0.2, -0.15) is 0 Å². The molecule has 1 aromatic heterocycles. The fourth-order valence-electron chi connectivity index (χ4n) is 3.45. The van der Waals surface area contributed by atoms with Gasteiger partial charge < -0.3 is 10.1 Å². The molecule has 33 heavy (non-hydrogen) atoms. The molecule has 6 nitrogen and oxygen atoms in total. The van der Waals surface area contributed by atoms with Crippen molar-refractivity contribution in [3.63, 3.8) is 0 Å². The maximum atomic E-state index is 13.4. The molecule has 1 N–H and O–H groups in total. The molecule has 0 saturated heterocycles. The zero-order valence-electron chi connectivity index (χ0n) is 18.2. The maximum Gasteiger partial charge on any atom is 0.266 e. The number of rotatable bonds is 7. The van der Waals surface area contributed by atoms with Gasteiger partial charge in [-0.25, -0.2) is 4.98 Å². The number of fused-ring (bicyclic) bond motifs is 1. The minimum absolute atomic E-state index is 0.0968. The number of nitrogens with one attached hydrogen (secondary N) is 1. The van der Waals surface area contributed by atoms with Crippen LogP contribution in [0.5, 0.6) is 5.75 Å². The topological polar surface area (TPSA) is 73.2 Å². The smallest absolute Gasteiger partial charge is 0.266 e. The quantitative estimate of drug-likeness (QED) is 0.305. The van der Waals surface area contributed by atoms with Gasteiger partial charge in [0.2, 0.25) is 5.91 Å². The number of para-hydroxylation sites is 2. The second kappa shape index (κ2) is 10.1. The second-order valence-corrected chi connectivity index (χ2v) is 8.74. The van der Waals surface area contributed by atoms with Gasteiger partial charge in [0.15, 0.2) is 5.16 Å². The molecule has 0 aliphatic heterocycles. The number of carbonyl (C=O) groups excluding carboxylic acids is 1. The highest BCUT2D eigenvalue weighted by Crippen LogP contribution is 2.27. The number of carbonyl (C=O) groups is 1. The number of hydrogen-bond acceptors (Lipinski definition) is 5. The molecule has 168 valence electrons. The van der Waals surface area contributed by atoms with Gasteiger partial charge in [-0.15, -0.1) is 0 Å². The van der Waals surface area contributed by atoms with E-state index < -0.39 is 0 Å². The number of benzene rings is 3. The third-order valence-electron chi connectivity index (χ3n) is 5.20. The van der Waals surface area contributed by atoms with Crippen molar-refractivity contribution in [2.45, 2.75) is 18.6 Å². The minimum atomic E-state index is -0.260. The molecule has 0 fully saturated rings. The third-order valence-corrected chi connectivity index (χ3v) is 6.37. The van der Waals surface area contributed by atoms with Crippen LogP contribution in [-0.4, -0.2) is 28.3 Å². The Balaban J connectivity index is 1.66. The van der Waals surface area contributed by atoms with Crippen molar-refractivity contribution < 1.29 is 9.53 Å². The minimum Gasteiger partial charge on any atom is -0.495 e. The van der Waals surface area contributed by atoms with Crippen molar-refractivity contribution in [1.82, 2.24) is 14.9 Å². The first-order chi connectivity index (χ1) is 16.0. The number of hydrogen-bond donors (Lipinski definition) is 1. The highest BCUT2D eigenvalue weighted by Gasteiger charge is 2.17. The van der Waals surface area contributed by atoms with Gasteiger partial charge in [-0.05, 0) is 48.4 Å². The molecule has 0 aliphatic rings. The Hall–Kier alpha value is -3.29. The standard InChI is InChI=1S/C25H22ClN3O3S/c1-16-7-3-4-8-17(16)14-27-23(30)15-33-25-28-20-13-18(26)11-12-19(20)24(31)29(25)21-9-5-6-10-22(21)32-2/h3-13H,14-15H2,1-2H3,(H,27,30). The summed E-state index contributed by atoms with van der Waals surface area (Å²) >= 11 is 7.31. The van der Waals surface area contributed by atoms with Crippen LogP contribution in [0, 0.1) is 6.92 Å². The van der Waals surface area contributed by atoms with Gasteiger partial charge in [-0.1, -0.05) is 59.8 Å². The average Bonchev–Trinajstić information content (AvgIpc) is 2.82. The van der Waals surface area contributed by atoms with E-state index in [-0.39, 0.29) is 17.2 Å². The van der Waals surface area contributed by atoms with E-state index in [2.05, 4.69) is 10.3 Å². The van der Waals surface area contributed by atoms with E-state index in [1.54, 1.807) is 37.4 Å². The van der Waals surface area contributed by atoms with E-state index in [0.717, 1.165) is 11.1 Å². The van der Waals surface area contributed by atoms with Crippen LogP contribution in [0.4, 0.5) is 0 Å². The first-order valence-corrected chi connectivity index (χ1v) is 11.6. The van der Waals surface area contributed by atoms with Crippen LogP contribution in [0.3, 0.4) is 0 Å². The van der Waals surface area contributed by atoms with E-state index in [4.69, 9.17) is 16.3 Å². The summed E-state index contributed by atoms with van der Waals surface area (Å²) in [6, 6.07) is 20.1. The first-order valence-electron chi connectivity index (χ1n) is 10.3. The molecule has 0 radical (unpaired) electrons. The Bertz CT molecular complexity index is 1390. The molecule has 0 spiro atoms. The lowest BCUT2D eigenvalue weighted by Crippen LogP contribution is -2.26. The van der Waals surface area contributed by atoms with Crippen molar-refractivity contribution in [3.05, 3.63) is 93.2 Å². The lowest BCUT2D eigenvalue weighted by atomic mass is 10.1. The summed E-state index contributed by atoms with van der Waals surface area (Å²) in [7, 11) is 1.55. The zero-order chi connectivity index (χ0) is 23.4. The molecule has 0 aliphatic carbocycles. The van der Waals surface area contributed by atoms with E-state index in [1.165, 1.54) is 16.3 Å². The lowest BCUT2D eigenvalue weighted by Gasteiger charge is -2.16. The summed E-state index contributed by atoms with van der Waals surface area (Å²) in [6.45, 7) is 2.44. The van der Waals surface area contributed by atoms with Crippen molar-refractivity contribution >= 4 is 40.2 Å². The van der Waals surface area contributed by atoms with Crippen LogP contribution >= 0.6 is 23.4 Å². The van der Waals surface area contributed by atoms with Crippen LogP contribution in [0.2, 0.25) is 5.02 Å². The molecule has 0 atom stereocenters. The Morgan fingerprint density at radius 3 is 2.67 bits per heavy atom. The highest BCUT2D eigenvalue weighted by atomic mass is 35.5. The van der Waals surface area contributed by atoms with Gasteiger partial charge in [0.05, 0.1) is 29.5 Å². The molecule has 1 amide bonds. The van der Waals surface area contributed by atoms with Crippen molar-refractivity contribution in [2.24, 2.45) is 0 Å². The maximum absolute atomic E-state index is 13.4. The zero-order valence-corrected chi connectivity index (χ0v) is 19.7. The predicted molar refractivity (Wildman–Crippen MR) is 133 cm³/mol. The van der Waals surface area contributed by atoms with E-state index in [1.807, 2.05) is 43.3 Å². The number of ether oxygens (including phenoxy) is 1. The molecule has 0 bridgehead atoms. The van der Waals surface area contributed by atoms with Crippen LogP contribution in [-0.2, 0) is 11.3 Å². The summed E-state index contributed by atoms with van der Waals surface area (Å²) < 4.78 is 6.95. The Morgan fingerprint density at radius 2 is 1.88 bits per heavy atom. The average molecular weight is 480 g/mol. The first kappa shape index (κ1) is 22.9. The Kier molecular flexibility index (Phi) is 7.01. The summed E-state index contributed by atoms with van der Waals surface area (Å²) in [5.41, 5.74) is 2.94. The molecular formula is C25H22ClN3O3S. The normalized spacial score (nSPS) is 10.9. The van der Waals surface area contributed by atoms with Crippen LogP contribution in [0.15, 0.2) is 76.7 Å². The van der Waals surface area contributed by atoms with Gasteiger partial charge in [-0.3, -0.25) is 14.2 Å². The molecule has 1 heterocycles. The van der Waals surface area contributed by atoms with Crippen molar-refractivity contribution in [1.29, 1.82) is 0 Å². The Labute approximate surface area is 200 Å². The number of nitrogens with zero attached hydrogens (tertiary/aromatic N) is 2. The largest absolute Gasteiger partial charge is 0.495 e. The summed E-state index contributed by atoms with van der Waals surface area (Å²) in [5.74, 6) is 0.468. The van der Waals surface area contributed by atoms with Gasteiger partial charge >= 0.3 is 0 Å². The van der Waals surface area contributed by atoms with Gasteiger partial charge in [0.1, 0.15) is 5.75 Å². The number of aromatic nitrogens is 2. The summed E-state index contributed by atoms with van der Waals surface area (Å²) in [4.78, 5) is 30.7. The van der Waals surface area contributed by atoms with Crippen LogP contribution < -0.4 is 15.6 Å². The number of amides is 1. The van der Waals surface area contributed by atoms with Crippen molar-refractivity contribution in [3.8, 4) is 11.4 Å². The molecule has 0 unspecified atom stereocenters. The SMILES string of the molecule is COc1ccccc1-n1c(SCC(=O)NCc2ccccc2C)nc2cc(Cl)ccc2c1=O. The number of thioether (sulfide) groups is 1. The number of halogens is 1. The molecule has 8 heteroatoms. The summed E-state index contributed by atoms with van der Waals surface area (Å²) in [6.07, 6.45) is 0. The molecule has 4 aromatic rings. The van der Waals surface area contributed by atoms with Crippen molar-refractivity contribution in [2.75, 3.05) is 12.9 Å². The van der Waals surface area contributed by atoms with E-state index in [9.17, 15) is 9.59 Å². The Morgan fingerprint density at radius 1 is 1.12 bits per heavy atom. The third kappa shape index (κ3) is 5.05. The highest BCUT2D eigenvalue weighted by molar-refractivity contribution is 7.99. The fraction of sp³-hybridized carbons (Fsp3) is 0.160. The number of methoxy groups -OCH3 is 1. The predicted octanol–water partition coefficient (Wildman–Crippen LogP) is 4.76. The fourth-order valence-corrected chi connectivity index (χ4v) is 4.45. The molecular weight excluding hydrogens is 458 g/mol. The van der Waals surface area contributed by atoms with Gasteiger partial charge in [0, 0.05) is 11.6 Å².